The van der Waals surface area contributed by atoms with E-state index in [2.05, 4.69) is 5.32 Å². The summed E-state index contributed by atoms with van der Waals surface area (Å²) >= 11 is 5.41. The van der Waals surface area contributed by atoms with E-state index in [4.69, 9.17) is 35.9 Å². The highest BCUT2D eigenvalue weighted by atomic mass is 32.1. The van der Waals surface area contributed by atoms with Gasteiger partial charge >= 0.3 is 29.8 Å². The Morgan fingerprint density at radius 3 is 1.71 bits per heavy atom. The molecule has 0 heterocycles. The Morgan fingerprint density at radius 1 is 0.735 bits per heavy atom. The summed E-state index contributed by atoms with van der Waals surface area (Å²) in [5.74, 6) is -3.98. The van der Waals surface area contributed by atoms with Crippen molar-refractivity contribution < 1.29 is 47.7 Å². The number of para-hydroxylation sites is 1. The van der Waals surface area contributed by atoms with Gasteiger partial charge in [-0.25, -0.2) is 0 Å². The normalized spacial score (nSPS) is 13.8. The van der Waals surface area contributed by atoms with Gasteiger partial charge in [0.15, 0.2) is 24.4 Å². The van der Waals surface area contributed by atoms with Crippen molar-refractivity contribution in [1.82, 2.24) is 0 Å². The Bertz CT molecular complexity index is 904. The van der Waals surface area contributed by atoms with Crippen molar-refractivity contribution in [3.05, 3.63) is 30.3 Å². The van der Waals surface area contributed by atoms with Crippen molar-refractivity contribution in [3.8, 4) is 0 Å². The highest BCUT2D eigenvalue weighted by Crippen LogP contribution is 2.22. The zero-order valence-corrected chi connectivity index (χ0v) is 20.2. The van der Waals surface area contributed by atoms with Crippen LogP contribution in [0.3, 0.4) is 0 Å². The van der Waals surface area contributed by atoms with Crippen LogP contribution in [-0.4, -0.2) is 65.9 Å². The molecule has 1 aromatic carbocycles. The van der Waals surface area contributed by atoms with Gasteiger partial charge in [0.05, 0.1) is 0 Å². The van der Waals surface area contributed by atoms with E-state index >= 15 is 0 Å². The van der Waals surface area contributed by atoms with Gasteiger partial charge in [0.1, 0.15) is 11.6 Å². The van der Waals surface area contributed by atoms with E-state index in [1.54, 1.807) is 30.3 Å². The van der Waals surface area contributed by atoms with Crippen LogP contribution in [0.5, 0.6) is 0 Å². The molecule has 0 unspecified atom stereocenters. The van der Waals surface area contributed by atoms with E-state index < -0.39 is 60.9 Å². The maximum Gasteiger partial charge on any atom is 0.303 e. The van der Waals surface area contributed by atoms with Gasteiger partial charge in [0, 0.05) is 40.3 Å². The molecule has 0 saturated heterocycles. The number of esters is 5. The molecule has 0 radical (unpaired) electrons. The number of thiocarbonyl (C=S) groups is 1. The lowest BCUT2D eigenvalue weighted by Crippen LogP contribution is -2.55. The van der Waals surface area contributed by atoms with Crippen molar-refractivity contribution in [3.63, 3.8) is 0 Å². The summed E-state index contributed by atoms with van der Waals surface area (Å²) in [5.41, 5.74) is 0.534. The molecule has 0 aromatic heterocycles. The lowest BCUT2D eigenvalue weighted by Gasteiger charge is -2.35. The van der Waals surface area contributed by atoms with E-state index in [1.807, 2.05) is 0 Å². The monoisotopic (exact) mass is 497 g/mol. The van der Waals surface area contributed by atoms with E-state index in [9.17, 15) is 24.0 Å². The minimum atomic E-state index is -1.58. The minimum absolute atomic E-state index is 0.0983. The molecule has 0 aliphatic heterocycles. The molecule has 0 bridgehead atoms. The third-order valence-corrected chi connectivity index (χ3v) is 4.29. The number of carbonyl (C=O) groups is 5. The number of benzene rings is 1. The van der Waals surface area contributed by atoms with Crippen LogP contribution in [0.15, 0.2) is 30.3 Å². The highest BCUT2D eigenvalue weighted by molar-refractivity contribution is 7.80. The first-order chi connectivity index (χ1) is 15.9. The van der Waals surface area contributed by atoms with Crippen LogP contribution in [0.25, 0.3) is 0 Å². The molecule has 11 nitrogen and oxygen atoms in total. The van der Waals surface area contributed by atoms with Crippen molar-refractivity contribution in [1.29, 1.82) is 0 Å². The fourth-order valence-electron chi connectivity index (χ4n) is 2.83. The van der Waals surface area contributed by atoms with Gasteiger partial charge in [-0.1, -0.05) is 30.4 Å². The third-order valence-electron chi connectivity index (χ3n) is 3.95. The molecule has 0 saturated carbocycles. The molecule has 0 aliphatic carbocycles. The first kappa shape index (κ1) is 28.5. The van der Waals surface area contributed by atoms with E-state index in [0.29, 0.717) is 5.69 Å². The predicted molar refractivity (Wildman–Crippen MR) is 122 cm³/mol. The molecule has 1 rings (SSSR count). The van der Waals surface area contributed by atoms with Crippen LogP contribution in [0.1, 0.15) is 34.6 Å². The molecular formula is C22H27NO10S. The van der Waals surface area contributed by atoms with Gasteiger partial charge in [-0.05, 0) is 12.1 Å². The van der Waals surface area contributed by atoms with Crippen LogP contribution < -0.4 is 5.32 Å². The smallest absolute Gasteiger partial charge is 0.303 e. The van der Waals surface area contributed by atoms with Crippen LogP contribution in [0.2, 0.25) is 0 Å². The number of hydrogen-bond acceptors (Lipinski definition) is 11. The second-order valence-electron chi connectivity index (χ2n) is 6.98. The lowest BCUT2D eigenvalue weighted by atomic mass is 10.0. The molecule has 34 heavy (non-hydrogen) atoms. The Labute approximate surface area is 202 Å². The summed E-state index contributed by atoms with van der Waals surface area (Å²) < 4.78 is 26.1. The van der Waals surface area contributed by atoms with Crippen molar-refractivity contribution >= 4 is 52.7 Å². The minimum Gasteiger partial charge on any atom is -0.462 e. The Hall–Kier alpha value is -3.54. The largest absolute Gasteiger partial charge is 0.462 e. The highest BCUT2D eigenvalue weighted by Gasteiger charge is 2.45. The van der Waals surface area contributed by atoms with Gasteiger partial charge < -0.3 is 29.0 Å². The van der Waals surface area contributed by atoms with Gasteiger partial charge in [-0.2, -0.15) is 0 Å². The van der Waals surface area contributed by atoms with Gasteiger partial charge in [-0.15, -0.1) is 0 Å². The Kier molecular flexibility index (Phi) is 11.6. The number of nitrogens with one attached hydrogen (secondary N) is 1. The summed E-state index contributed by atoms with van der Waals surface area (Å²) in [6, 6.07) is 8.60. The van der Waals surface area contributed by atoms with Crippen molar-refractivity contribution in [2.45, 2.75) is 59.0 Å². The Balaban J connectivity index is 3.50. The van der Waals surface area contributed by atoms with Crippen LogP contribution in [0.4, 0.5) is 5.69 Å². The molecule has 0 aliphatic rings. The summed E-state index contributed by atoms with van der Waals surface area (Å²) in [7, 11) is 0. The Morgan fingerprint density at radius 2 is 1.24 bits per heavy atom. The summed E-state index contributed by atoms with van der Waals surface area (Å²) in [5, 5.41) is 2.87. The number of ether oxygens (including phenoxy) is 5. The summed E-state index contributed by atoms with van der Waals surface area (Å²) in [6.45, 7) is 4.90. The molecule has 4 atom stereocenters. The van der Waals surface area contributed by atoms with Gasteiger partial charge in [0.2, 0.25) is 0 Å². The molecular weight excluding hydrogens is 470 g/mol. The summed E-state index contributed by atoms with van der Waals surface area (Å²) in [4.78, 5) is 58.8. The quantitative estimate of drug-likeness (QED) is 0.270. The fraction of sp³-hybridized carbons (Fsp3) is 0.455. The van der Waals surface area contributed by atoms with Crippen molar-refractivity contribution in [2.75, 3.05) is 11.9 Å². The maximum atomic E-state index is 12.0. The first-order valence-electron chi connectivity index (χ1n) is 10.1. The first-order valence-corrected chi connectivity index (χ1v) is 10.5. The predicted octanol–water partition coefficient (Wildman–Crippen LogP) is 1.72. The van der Waals surface area contributed by atoms with Crippen LogP contribution in [0, 0.1) is 0 Å². The second kappa shape index (κ2) is 13.9. The molecule has 0 amide bonds. The average Bonchev–Trinajstić information content (AvgIpc) is 2.72. The number of anilines is 1. The van der Waals surface area contributed by atoms with Crippen molar-refractivity contribution in [2.24, 2.45) is 0 Å². The average molecular weight is 498 g/mol. The van der Waals surface area contributed by atoms with Crippen LogP contribution in [-0.2, 0) is 47.7 Å². The number of rotatable bonds is 11. The maximum absolute atomic E-state index is 12.0. The third kappa shape index (κ3) is 10.4. The van der Waals surface area contributed by atoms with E-state index in [1.165, 1.54) is 0 Å². The zero-order chi connectivity index (χ0) is 25.8. The van der Waals surface area contributed by atoms with E-state index in [-0.39, 0.29) is 4.99 Å². The van der Waals surface area contributed by atoms with Crippen LogP contribution >= 0.6 is 12.2 Å². The lowest BCUT2D eigenvalue weighted by molar-refractivity contribution is -0.197. The molecule has 0 spiro atoms. The molecule has 1 N–H and O–H groups in total. The second-order valence-corrected chi connectivity index (χ2v) is 7.42. The zero-order valence-electron chi connectivity index (χ0n) is 19.4. The SMILES string of the molecule is CC(=O)OC[C@@H](OC(C)=O)[C@@H](OC(C)=O)[C@H](OC(C)=O)[C@@H](OC(C)=O)C(=S)Nc1ccccc1. The number of carbonyl (C=O) groups excluding carboxylic acids is 5. The summed E-state index contributed by atoms with van der Waals surface area (Å²) in [6.07, 6.45) is -6.04. The fourth-order valence-corrected chi connectivity index (χ4v) is 3.13. The molecule has 12 heteroatoms. The standard InChI is InChI=1S/C22H27NO10S/c1-12(24)29-11-18(30-13(2)25)19(31-14(3)26)20(32-15(4)27)21(33-16(5)28)22(34)23-17-9-7-6-8-10-17/h6-10,18-21H,11H2,1-5H3,(H,23,34)/t18-,19-,20+,21-/m1/s1. The molecule has 0 fully saturated rings. The number of hydrogen-bond donors (Lipinski definition) is 1. The molecule has 186 valence electrons. The van der Waals surface area contributed by atoms with Gasteiger partial charge in [-0.3, -0.25) is 24.0 Å². The molecule has 1 aromatic rings. The van der Waals surface area contributed by atoms with E-state index in [0.717, 1.165) is 34.6 Å². The topological polar surface area (TPSA) is 144 Å². The van der Waals surface area contributed by atoms with Gasteiger partial charge in [0.25, 0.3) is 0 Å².